The number of aromatic carboxylic acids is 1. The lowest BCUT2D eigenvalue weighted by Gasteiger charge is -2.35. The van der Waals surface area contributed by atoms with Crippen LogP contribution in [0.2, 0.25) is 10.0 Å². The molecular weight excluding hydrogens is 317 g/mol. The molecule has 0 bridgehead atoms. The number of carboxylic acids is 1. The van der Waals surface area contributed by atoms with E-state index < -0.39 is 23.2 Å². The molecule has 2 rings (SSSR count). The maximum absolute atomic E-state index is 12.2. The van der Waals surface area contributed by atoms with Crippen molar-refractivity contribution >= 4 is 46.7 Å². The molecule has 112 valence electrons. The van der Waals surface area contributed by atoms with Gasteiger partial charge in [0, 0.05) is 12.8 Å². The number of hydrogen-bond acceptors (Lipinski definition) is 3. The lowest BCUT2D eigenvalue weighted by molar-refractivity contribution is -0.132. The molecule has 1 saturated heterocycles. The predicted octanol–water partition coefficient (Wildman–Crippen LogP) is 3.37. The first kappa shape index (κ1) is 15.8. The van der Waals surface area contributed by atoms with Crippen molar-refractivity contribution in [2.75, 3.05) is 4.90 Å². The number of carbonyl (C=O) groups is 3. The van der Waals surface area contributed by atoms with Crippen LogP contribution in [0.4, 0.5) is 5.69 Å². The van der Waals surface area contributed by atoms with Gasteiger partial charge in [-0.2, -0.15) is 0 Å². The third-order valence-corrected chi connectivity index (χ3v) is 3.82. The van der Waals surface area contributed by atoms with Crippen molar-refractivity contribution in [2.24, 2.45) is 5.41 Å². The number of amides is 2. The van der Waals surface area contributed by atoms with Crippen molar-refractivity contribution in [2.45, 2.75) is 26.7 Å². The van der Waals surface area contributed by atoms with E-state index in [0.717, 1.165) is 4.90 Å². The van der Waals surface area contributed by atoms with Gasteiger partial charge in [0.1, 0.15) is 0 Å². The maximum Gasteiger partial charge on any atom is 0.335 e. The summed E-state index contributed by atoms with van der Waals surface area (Å²) in [6.45, 7) is 3.66. The molecule has 0 saturated carbocycles. The van der Waals surface area contributed by atoms with E-state index in [-0.39, 0.29) is 34.1 Å². The SMILES string of the molecule is CC1(C)CC(=O)N(c2c(Cl)cc(C(=O)O)cc2Cl)C(=O)C1. The topological polar surface area (TPSA) is 74.7 Å². The molecule has 0 aromatic heterocycles. The zero-order valence-corrected chi connectivity index (χ0v) is 13.0. The quantitative estimate of drug-likeness (QED) is 0.844. The van der Waals surface area contributed by atoms with Gasteiger partial charge in [-0.1, -0.05) is 37.0 Å². The Hall–Kier alpha value is -1.59. The largest absolute Gasteiger partial charge is 0.478 e. The number of nitrogens with zero attached hydrogens (tertiary/aromatic N) is 1. The lowest BCUT2D eigenvalue weighted by Crippen LogP contribution is -2.46. The van der Waals surface area contributed by atoms with Gasteiger partial charge in [-0.3, -0.25) is 9.59 Å². The van der Waals surface area contributed by atoms with Crippen LogP contribution in [0.1, 0.15) is 37.0 Å². The summed E-state index contributed by atoms with van der Waals surface area (Å²) in [7, 11) is 0. The number of hydrogen-bond donors (Lipinski definition) is 1. The van der Waals surface area contributed by atoms with Crippen molar-refractivity contribution < 1.29 is 19.5 Å². The molecule has 7 heteroatoms. The summed E-state index contributed by atoms with van der Waals surface area (Å²) in [5.41, 5.74) is -0.468. The van der Waals surface area contributed by atoms with Gasteiger partial charge < -0.3 is 5.11 Å². The fourth-order valence-corrected chi connectivity index (χ4v) is 2.99. The maximum atomic E-state index is 12.2. The molecule has 0 radical (unpaired) electrons. The number of benzene rings is 1. The Morgan fingerprint density at radius 2 is 1.57 bits per heavy atom. The Kier molecular flexibility index (Phi) is 4.00. The molecule has 2 amide bonds. The van der Waals surface area contributed by atoms with Gasteiger partial charge in [-0.05, 0) is 17.5 Å². The fraction of sp³-hybridized carbons (Fsp3) is 0.357. The molecule has 1 aliphatic heterocycles. The molecule has 1 aromatic rings. The van der Waals surface area contributed by atoms with Gasteiger partial charge in [0.15, 0.2) is 0 Å². The standard InChI is InChI=1S/C14H13Cl2NO4/c1-14(2)5-10(18)17(11(19)6-14)12-8(15)3-7(13(20)21)4-9(12)16/h3-4H,5-6H2,1-2H3,(H,20,21). The highest BCUT2D eigenvalue weighted by atomic mass is 35.5. The highest BCUT2D eigenvalue weighted by molar-refractivity contribution is 6.42. The van der Waals surface area contributed by atoms with E-state index in [1.54, 1.807) is 0 Å². The minimum Gasteiger partial charge on any atom is -0.478 e. The molecule has 5 nitrogen and oxygen atoms in total. The monoisotopic (exact) mass is 329 g/mol. The summed E-state index contributed by atoms with van der Waals surface area (Å²) < 4.78 is 0. The van der Waals surface area contributed by atoms with Gasteiger partial charge in [-0.25, -0.2) is 9.69 Å². The number of rotatable bonds is 2. The highest BCUT2D eigenvalue weighted by Crippen LogP contribution is 2.40. The van der Waals surface area contributed by atoms with Crippen LogP contribution >= 0.6 is 23.2 Å². The average molecular weight is 330 g/mol. The van der Waals surface area contributed by atoms with E-state index in [0.29, 0.717) is 0 Å². The molecular formula is C14H13Cl2NO4. The van der Waals surface area contributed by atoms with E-state index in [1.807, 2.05) is 13.8 Å². The number of carboxylic acid groups (broad SMARTS) is 1. The third-order valence-electron chi connectivity index (χ3n) is 3.25. The van der Waals surface area contributed by atoms with Crippen LogP contribution in [0, 0.1) is 5.41 Å². The number of anilines is 1. The Bertz CT molecular complexity index is 611. The highest BCUT2D eigenvalue weighted by Gasteiger charge is 2.39. The van der Waals surface area contributed by atoms with Crippen LogP contribution in [-0.4, -0.2) is 22.9 Å². The van der Waals surface area contributed by atoms with E-state index in [2.05, 4.69) is 0 Å². The molecule has 1 aliphatic rings. The minimum absolute atomic E-state index is 0.0405. The first-order valence-corrected chi connectivity index (χ1v) is 6.96. The molecule has 0 spiro atoms. The van der Waals surface area contributed by atoms with Crippen LogP contribution in [0.15, 0.2) is 12.1 Å². The van der Waals surface area contributed by atoms with Gasteiger partial charge in [0.25, 0.3) is 0 Å². The second-order valence-corrected chi connectivity index (χ2v) is 6.55. The van der Waals surface area contributed by atoms with Crippen molar-refractivity contribution in [3.63, 3.8) is 0 Å². The fourth-order valence-electron chi connectivity index (χ4n) is 2.33. The Morgan fingerprint density at radius 3 is 1.95 bits per heavy atom. The molecule has 0 unspecified atom stereocenters. The molecule has 0 aliphatic carbocycles. The molecule has 0 atom stereocenters. The summed E-state index contributed by atoms with van der Waals surface area (Å²) in [5.74, 6) is -1.99. The van der Waals surface area contributed by atoms with Crippen molar-refractivity contribution in [3.8, 4) is 0 Å². The predicted molar refractivity (Wildman–Crippen MR) is 78.9 cm³/mol. The molecule has 1 heterocycles. The van der Waals surface area contributed by atoms with Gasteiger partial charge in [0.2, 0.25) is 11.8 Å². The van der Waals surface area contributed by atoms with Crippen LogP contribution in [0.25, 0.3) is 0 Å². The lowest BCUT2D eigenvalue weighted by atomic mass is 9.81. The number of carbonyl (C=O) groups excluding carboxylic acids is 2. The third kappa shape index (κ3) is 3.04. The van der Waals surface area contributed by atoms with Gasteiger partial charge in [0.05, 0.1) is 21.3 Å². The molecule has 1 N–H and O–H groups in total. The van der Waals surface area contributed by atoms with Crippen LogP contribution in [0.5, 0.6) is 0 Å². The van der Waals surface area contributed by atoms with E-state index in [1.165, 1.54) is 12.1 Å². The minimum atomic E-state index is -1.19. The zero-order valence-electron chi connectivity index (χ0n) is 11.4. The van der Waals surface area contributed by atoms with Crippen molar-refractivity contribution in [1.29, 1.82) is 0 Å². The summed E-state index contributed by atoms with van der Waals surface area (Å²) in [6, 6.07) is 2.34. The first-order chi connectivity index (χ1) is 9.62. The van der Waals surface area contributed by atoms with E-state index >= 15 is 0 Å². The van der Waals surface area contributed by atoms with Crippen LogP contribution < -0.4 is 4.90 Å². The summed E-state index contributed by atoms with van der Waals surface area (Å²) in [6.07, 6.45) is 0.373. The number of halogens is 2. The second kappa shape index (κ2) is 5.31. The number of imide groups is 1. The zero-order chi connectivity index (χ0) is 15.9. The summed E-state index contributed by atoms with van der Waals surface area (Å²) in [4.78, 5) is 36.3. The van der Waals surface area contributed by atoms with Gasteiger partial charge in [-0.15, -0.1) is 0 Å². The Morgan fingerprint density at radius 1 is 1.14 bits per heavy atom. The summed E-state index contributed by atoms with van der Waals surface area (Å²) in [5, 5.41) is 8.86. The molecule has 1 fully saturated rings. The van der Waals surface area contributed by atoms with Gasteiger partial charge >= 0.3 is 5.97 Å². The van der Waals surface area contributed by atoms with Crippen LogP contribution in [0.3, 0.4) is 0 Å². The van der Waals surface area contributed by atoms with Crippen molar-refractivity contribution in [1.82, 2.24) is 0 Å². The van der Waals surface area contributed by atoms with E-state index in [4.69, 9.17) is 28.3 Å². The first-order valence-electron chi connectivity index (χ1n) is 6.20. The normalized spacial score (nSPS) is 18.0. The summed E-state index contributed by atoms with van der Waals surface area (Å²) >= 11 is 12.0. The van der Waals surface area contributed by atoms with Crippen molar-refractivity contribution in [3.05, 3.63) is 27.7 Å². The average Bonchev–Trinajstić information content (AvgIpc) is 2.29. The second-order valence-electron chi connectivity index (χ2n) is 5.73. The Labute approximate surface area is 131 Å². The molecule has 21 heavy (non-hydrogen) atoms. The van der Waals surface area contributed by atoms with Crippen LogP contribution in [-0.2, 0) is 9.59 Å². The molecule has 1 aromatic carbocycles. The smallest absolute Gasteiger partial charge is 0.335 e. The number of piperidine rings is 1. The Balaban J connectivity index is 2.50. The van der Waals surface area contributed by atoms with E-state index in [9.17, 15) is 14.4 Å².